The summed E-state index contributed by atoms with van der Waals surface area (Å²) in [5.74, 6) is 0.527. The zero-order chi connectivity index (χ0) is 17.4. The van der Waals surface area contributed by atoms with Crippen LogP contribution in [0.1, 0.15) is 81.2 Å². The number of carbonyl (C=O) groups is 1. The van der Waals surface area contributed by atoms with E-state index in [1.165, 1.54) is 17.7 Å². The van der Waals surface area contributed by atoms with Crippen molar-refractivity contribution in [3.63, 3.8) is 0 Å². The Morgan fingerprint density at radius 1 is 1.15 bits per heavy atom. The third-order valence-electron chi connectivity index (χ3n) is 4.15. The van der Waals surface area contributed by atoms with E-state index in [9.17, 15) is 9.18 Å². The van der Waals surface area contributed by atoms with Gasteiger partial charge in [-0.3, -0.25) is 9.69 Å². The first-order chi connectivity index (χ1) is 10.9. The summed E-state index contributed by atoms with van der Waals surface area (Å²) in [4.78, 5) is 13.9. The van der Waals surface area contributed by atoms with Crippen LogP contribution >= 0.6 is 0 Å². The summed E-state index contributed by atoms with van der Waals surface area (Å²) in [6.45, 7) is 12.3. The van der Waals surface area contributed by atoms with Gasteiger partial charge in [-0.2, -0.15) is 0 Å². The summed E-state index contributed by atoms with van der Waals surface area (Å²) in [7, 11) is 0. The van der Waals surface area contributed by atoms with Gasteiger partial charge >= 0.3 is 0 Å². The van der Waals surface area contributed by atoms with Gasteiger partial charge in [-0.1, -0.05) is 48.3 Å². The second kappa shape index (κ2) is 17.8. The molecule has 0 spiro atoms. The molecule has 1 fully saturated rings. The summed E-state index contributed by atoms with van der Waals surface area (Å²) < 4.78 is 12.4. The smallest absolute Gasteiger partial charge is 0.237 e. The zero-order valence-electron chi connectivity index (χ0n) is 15.7. The molecule has 27 heavy (non-hydrogen) atoms. The number of benzene rings is 1. The van der Waals surface area contributed by atoms with Gasteiger partial charge in [-0.15, -0.1) is 0 Å². The molecule has 1 atom stereocenters. The number of nitrogens with zero attached hydrogens (tertiary/aromatic N) is 1. The fraction of sp³-hybridized carbons (Fsp3) is 0.682. The number of carbonyl (C=O) groups excluding carboxylic acids is 1. The van der Waals surface area contributed by atoms with E-state index in [-0.39, 0.29) is 72.8 Å². The summed E-state index contributed by atoms with van der Waals surface area (Å²) in [5, 5.41) is 2.89. The Labute approximate surface area is 193 Å². The molecular weight excluding hydrogens is 416 g/mol. The van der Waals surface area contributed by atoms with E-state index in [0.717, 1.165) is 25.9 Å². The van der Waals surface area contributed by atoms with E-state index in [4.69, 9.17) is 0 Å². The molecule has 1 aliphatic rings. The number of amides is 1. The van der Waals surface area contributed by atoms with Crippen molar-refractivity contribution in [1.29, 1.82) is 0 Å². The molecule has 1 N–H and O–H groups in total. The summed E-state index contributed by atoms with van der Waals surface area (Å²) in [5.41, 5.74) is 1.18. The Hall–Kier alpha value is -0.316. The second-order valence-electron chi connectivity index (χ2n) is 6.59. The predicted octanol–water partition coefficient (Wildman–Crippen LogP) is 5.85. The van der Waals surface area contributed by atoms with Crippen molar-refractivity contribution < 1.29 is 41.9 Å². The minimum atomic E-state index is -0.163. The average molecular weight is 460 g/mol. The van der Waals surface area contributed by atoms with E-state index in [0.29, 0.717) is 12.0 Å². The van der Waals surface area contributed by atoms with Crippen molar-refractivity contribution in [3.8, 4) is 0 Å². The van der Waals surface area contributed by atoms with Crippen LogP contribution in [0.3, 0.4) is 0 Å². The van der Waals surface area contributed by atoms with Gasteiger partial charge in [0.25, 0.3) is 0 Å². The molecule has 3 nitrogen and oxygen atoms in total. The Morgan fingerprint density at radius 2 is 1.67 bits per heavy atom. The molecule has 1 radical (unpaired) electrons. The molecular formula is C22H43FN2OY. The van der Waals surface area contributed by atoms with Gasteiger partial charge in [0.05, 0.1) is 6.04 Å². The molecule has 1 aromatic rings. The first-order valence-electron chi connectivity index (χ1n) is 8.65. The largest absolute Gasteiger partial charge is 0.355 e. The molecule has 0 saturated carbocycles. The topological polar surface area (TPSA) is 32.3 Å². The van der Waals surface area contributed by atoms with Crippen LogP contribution in [0.15, 0.2) is 24.3 Å². The van der Waals surface area contributed by atoms with Crippen LogP contribution in [0.4, 0.5) is 4.39 Å². The van der Waals surface area contributed by atoms with Gasteiger partial charge in [0.2, 0.25) is 5.91 Å². The van der Waals surface area contributed by atoms with Crippen LogP contribution in [0.2, 0.25) is 0 Å². The van der Waals surface area contributed by atoms with Crippen molar-refractivity contribution in [2.45, 2.75) is 87.7 Å². The summed E-state index contributed by atoms with van der Waals surface area (Å²) >= 11 is 0. The summed E-state index contributed by atoms with van der Waals surface area (Å²) in [6.07, 6.45) is 2.17. The maximum Gasteiger partial charge on any atom is 0.237 e. The minimum absolute atomic E-state index is 0. The number of hydrogen-bond donors (Lipinski definition) is 1. The van der Waals surface area contributed by atoms with Crippen LogP contribution in [0.5, 0.6) is 0 Å². The molecule has 1 unspecified atom stereocenters. The number of hydrogen-bond acceptors (Lipinski definition) is 2. The molecule has 1 aromatic carbocycles. The van der Waals surface area contributed by atoms with Crippen molar-refractivity contribution in [3.05, 3.63) is 35.6 Å². The molecule has 1 saturated heterocycles. The van der Waals surface area contributed by atoms with E-state index in [2.05, 4.69) is 37.9 Å². The summed E-state index contributed by atoms with van der Waals surface area (Å²) in [6, 6.07) is 7.24. The van der Waals surface area contributed by atoms with Gasteiger partial charge < -0.3 is 5.32 Å². The number of likely N-dealkylation sites (tertiary alicyclic amines) is 1. The molecule has 0 aromatic heterocycles. The molecule has 2 rings (SSSR count). The molecule has 1 amide bonds. The predicted molar refractivity (Wildman–Crippen MR) is 114 cm³/mol. The van der Waals surface area contributed by atoms with Crippen LogP contribution in [-0.4, -0.2) is 36.0 Å². The third-order valence-corrected chi connectivity index (χ3v) is 4.15. The standard InChI is InChI=1S/C10H20N2O.C9H11F.3CH4.Y/c1-4-11-10(13)9-6-5-7-12(9)8(2)3;1-7(2)8-3-5-9(10)6-4-8;;;;/h8-9H,4-7H2,1-3H3,(H,11,13);3-7H,1-2H3;3*1H4;. The fourth-order valence-corrected chi connectivity index (χ4v) is 2.83. The first kappa shape index (κ1) is 34.2. The SMILES string of the molecule is C.C.C.CC(C)c1ccc(F)cc1.CCNC(=O)C1CCCN1C(C)C.[Y]. The number of rotatable bonds is 4. The van der Waals surface area contributed by atoms with Crippen LogP contribution in [-0.2, 0) is 37.5 Å². The Bertz CT molecular complexity index is 478. The molecule has 1 heterocycles. The Kier molecular flexibility index (Phi) is 22.5. The maximum atomic E-state index is 12.4. The third kappa shape index (κ3) is 12.0. The quantitative estimate of drug-likeness (QED) is 0.613. The van der Waals surface area contributed by atoms with Crippen molar-refractivity contribution in [2.24, 2.45) is 0 Å². The molecule has 157 valence electrons. The van der Waals surface area contributed by atoms with Crippen LogP contribution in [0.25, 0.3) is 0 Å². The first-order valence-corrected chi connectivity index (χ1v) is 8.65. The van der Waals surface area contributed by atoms with Crippen LogP contribution in [0, 0.1) is 5.82 Å². The molecule has 5 heteroatoms. The average Bonchev–Trinajstić information content (AvgIpc) is 2.98. The molecule has 0 bridgehead atoms. The zero-order valence-corrected chi connectivity index (χ0v) is 18.5. The van der Waals surface area contributed by atoms with E-state index in [1.807, 2.05) is 19.1 Å². The number of nitrogens with one attached hydrogen (secondary N) is 1. The van der Waals surface area contributed by atoms with Gasteiger partial charge in [-0.05, 0) is 63.8 Å². The van der Waals surface area contributed by atoms with Gasteiger partial charge in [0.15, 0.2) is 0 Å². The van der Waals surface area contributed by atoms with Gasteiger partial charge in [-0.25, -0.2) is 4.39 Å². The second-order valence-corrected chi connectivity index (χ2v) is 6.59. The van der Waals surface area contributed by atoms with Gasteiger partial charge in [0.1, 0.15) is 5.82 Å². The van der Waals surface area contributed by atoms with Crippen molar-refractivity contribution in [1.82, 2.24) is 10.2 Å². The van der Waals surface area contributed by atoms with Crippen LogP contribution < -0.4 is 5.32 Å². The number of likely N-dealkylation sites (N-methyl/N-ethyl adjacent to an activating group) is 1. The van der Waals surface area contributed by atoms with E-state index >= 15 is 0 Å². The van der Waals surface area contributed by atoms with E-state index in [1.54, 1.807) is 0 Å². The maximum absolute atomic E-state index is 12.4. The molecule has 0 aliphatic carbocycles. The van der Waals surface area contributed by atoms with E-state index < -0.39 is 0 Å². The van der Waals surface area contributed by atoms with Crippen molar-refractivity contribution in [2.75, 3.05) is 13.1 Å². The Balaban J connectivity index is -0.000000174. The fourth-order valence-electron chi connectivity index (χ4n) is 2.83. The Morgan fingerprint density at radius 3 is 2.07 bits per heavy atom. The molecule has 1 aliphatic heterocycles. The number of halogens is 1. The minimum Gasteiger partial charge on any atom is -0.355 e. The normalized spacial score (nSPS) is 15.3. The monoisotopic (exact) mass is 459 g/mol. The van der Waals surface area contributed by atoms with Gasteiger partial charge in [0, 0.05) is 45.3 Å². The van der Waals surface area contributed by atoms with Crippen molar-refractivity contribution >= 4 is 5.91 Å².